The lowest BCUT2D eigenvalue weighted by Gasteiger charge is -2.27. The average molecular weight is 309 g/mol. The number of methoxy groups -OCH3 is 2. The zero-order valence-corrected chi connectivity index (χ0v) is 14.1. The number of nitrogens with two attached hydrogens (primary N) is 1. The number of rotatable bonds is 6. The van der Waals surface area contributed by atoms with Crippen LogP contribution in [-0.2, 0) is 0 Å². The van der Waals surface area contributed by atoms with Crippen molar-refractivity contribution in [1.82, 2.24) is 0 Å². The van der Waals surface area contributed by atoms with E-state index >= 15 is 0 Å². The molecule has 2 rings (SSSR count). The largest absolute Gasteiger partial charge is 0.497 e. The molecule has 0 amide bonds. The first-order valence-electron chi connectivity index (χ1n) is 7.73. The van der Waals surface area contributed by atoms with Crippen LogP contribution in [0.5, 0.6) is 11.5 Å². The van der Waals surface area contributed by atoms with E-state index in [-0.39, 0.29) is 6.04 Å². The summed E-state index contributed by atoms with van der Waals surface area (Å²) in [6, 6.07) is 5.82. The van der Waals surface area contributed by atoms with Crippen molar-refractivity contribution in [3.63, 3.8) is 0 Å². The summed E-state index contributed by atoms with van der Waals surface area (Å²) in [6.07, 6.45) is 5.40. The minimum absolute atomic E-state index is 0.0164. The quantitative estimate of drug-likeness (QED) is 0.862. The SMILES string of the molecule is COc1ccc(OC)c(C(N)CSC2CCCC(C)C2)c1. The summed E-state index contributed by atoms with van der Waals surface area (Å²) < 4.78 is 10.7. The minimum Gasteiger partial charge on any atom is -0.497 e. The second-order valence-corrected chi connectivity index (χ2v) is 7.27. The van der Waals surface area contributed by atoms with Crippen LogP contribution in [0.25, 0.3) is 0 Å². The van der Waals surface area contributed by atoms with E-state index in [0.29, 0.717) is 0 Å². The summed E-state index contributed by atoms with van der Waals surface area (Å²) in [7, 11) is 3.36. The molecule has 0 spiro atoms. The van der Waals surface area contributed by atoms with E-state index < -0.39 is 0 Å². The Kier molecular flexibility index (Phi) is 6.24. The summed E-state index contributed by atoms with van der Waals surface area (Å²) in [5.41, 5.74) is 7.43. The summed E-state index contributed by atoms with van der Waals surface area (Å²) >= 11 is 2.02. The van der Waals surface area contributed by atoms with Crippen molar-refractivity contribution < 1.29 is 9.47 Å². The predicted octanol–water partition coefficient (Wildman–Crippen LogP) is 4.02. The van der Waals surface area contributed by atoms with Gasteiger partial charge in [-0.1, -0.05) is 19.8 Å². The third-order valence-corrected chi connectivity index (χ3v) is 5.69. The van der Waals surface area contributed by atoms with Crippen LogP contribution in [0.1, 0.15) is 44.2 Å². The monoisotopic (exact) mass is 309 g/mol. The molecule has 0 radical (unpaired) electrons. The number of hydrogen-bond donors (Lipinski definition) is 1. The molecule has 4 heteroatoms. The molecule has 1 aliphatic carbocycles. The van der Waals surface area contributed by atoms with Gasteiger partial charge in [-0.2, -0.15) is 11.8 Å². The van der Waals surface area contributed by atoms with Gasteiger partial charge in [0.25, 0.3) is 0 Å². The van der Waals surface area contributed by atoms with Gasteiger partial charge in [-0.05, 0) is 37.0 Å². The summed E-state index contributed by atoms with van der Waals surface area (Å²) in [4.78, 5) is 0. The lowest BCUT2D eigenvalue weighted by atomic mass is 9.91. The molecule has 1 aliphatic rings. The Bertz CT molecular complexity index is 452. The van der Waals surface area contributed by atoms with Crippen LogP contribution in [0.3, 0.4) is 0 Å². The lowest BCUT2D eigenvalue weighted by Crippen LogP contribution is -2.20. The predicted molar refractivity (Wildman–Crippen MR) is 90.4 cm³/mol. The Morgan fingerprint density at radius 2 is 2.10 bits per heavy atom. The van der Waals surface area contributed by atoms with Gasteiger partial charge < -0.3 is 15.2 Å². The maximum absolute atomic E-state index is 6.39. The van der Waals surface area contributed by atoms with Gasteiger partial charge in [-0.15, -0.1) is 0 Å². The van der Waals surface area contributed by atoms with Crippen molar-refractivity contribution in [3.05, 3.63) is 23.8 Å². The Balaban J connectivity index is 1.97. The average Bonchev–Trinajstić information content (AvgIpc) is 2.52. The van der Waals surface area contributed by atoms with Crippen molar-refractivity contribution in [3.8, 4) is 11.5 Å². The number of benzene rings is 1. The molecule has 0 saturated heterocycles. The van der Waals surface area contributed by atoms with Crippen molar-refractivity contribution in [2.24, 2.45) is 11.7 Å². The topological polar surface area (TPSA) is 44.5 Å². The molecule has 3 unspecified atom stereocenters. The Morgan fingerprint density at radius 3 is 2.76 bits per heavy atom. The van der Waals surface area contributed by atoms with Crippen LogP contribution >= 0.6 is 11.8 Å². The number of thioether (sulfide) groups is 1. The first-order valence-corrected chi connectivity index (χ1v) is 8.78. The molecule has 0 aliphatic heterocycles. The fourth-order valence-corrected chi connectivity index (χ4v) is 4.45. The molecule has 0 bridgehead atoms. The standard InChI is InChI=1S/C17H27NO2S/c1-12-5-4-6-14(9-12)21-11-16(18)15-10-13(19-2)7-8-17(15)20-3/h7-8,10,12,14,16H,4-6,9,11,18H2,1-3H3. The molecule has 0 heterocycles. The third-order valence-electron chi connectivity index (χ3n) is 4.24. The van der Waals surface area contributed by atoms with Crippen LogP contribution in [0, 0.1) is 5.92 Å². The highest BCUT2D eigenvalue weighted by atomic mass is 32.2. The highest BCUT2D eigenvalue weighted by Crippen LogP contribution is 2.35. The molecule has 1 aromatic carbocycles. The van der Waals surface area contributed by atoms with E-state index in [1.54, 1.807) is 14.2 Å². The van der Waals surface area contributed by atoms with E-state index in [1.807, 2.05) is 30.0 Å². The fraction of sp³-hybridized carbons (Fsp3) is 0.647. The Hall–Kier alpha value is -0.870. The van der Waals surface area contributed by atoms with Gasteiger partial charge in [0.1, 0.15) is 11.5 Å². The van der Waals surface area contributed by atoms with Crippen LogP contribution in [0.15, 0.2) is 18.2 Å². The first kappa shape index (κ1) is 16.5. The highest BCUT2D eigenvalue weighted by molar-refractivity contribution is 7.99. The lowest BCUT2D eigenvalue weighted by molar-refractivity contribution is 0.393. The molecule has 1 aromatic rings. The van der Waals surface area contributed by atoms with Gasteiger partial charge in [-0.3, -0.25) is 0 Å². The maximum Gasteiger partial charge on any atom is 0.123 e. The molecular formula is C17H27NO2S. The van der Waals surface area contributed by atoms with Gasteiger partial charge in [0.15, 0.2) is 0 Å². The van der Waals surface area contributed by atoms with E-state index in [1.165, 1.54) is 25.7 Å². The smallest absolute Gasteiger partial charge is 0.123 e. The van der Waals surface area contributed by atoms with Gasteiger partial charge in [0.2, 0.25) is 0 Å². The second kappa shape index (κ2) is 7.95. The van der Waals surface area contributed by atoms with Crippen molar-refractivity contribution in [1.29, 1.82) is 0 Å². The first-order chi connectivity index (χ1) is 10.1. The summed E-state index contributed by atoms with van der Waals surface area (Å²) in [5, 5.41) is 0.761. The van der Waals surface area contributed by atoms with Crippen molar-refractivity contribution in [2.45, 2.75) is 43.9 Å². The van der Waals surface area contributed by atoms with Crippen LogP contribution in [-0.4, -0.2) is 25.2 Å². The van der Waals surface area contributed by atoms with E-state index in [9.17, 15) is 0 Å². The minimum atomic E-state index is -0.0164. The number of hydrogen-bond acceptors (Lipinski definition) is 4. The molecule has 3 atom stereocenters. The highest BCUT2D eigenvalue weighted by Gasteiger charge is 2.21. The van der Waals surface area contributed by atoms with Crippen molar-refractivity contribution in [2.75, 3.05) is 20.0 Å². The molecule has 3 nitrogen and oxygen atoms in total. The Morgan fingerprint density at radius 1 is 1.29 bits per heavy atom. The fourth-order valence-electron chi connectivity index (χ4n) is 2.99. The second-order valence-electron chi connectivity index (χ2n) is 5.94. The zero-order chi connectivity index (χ0) is 15.2. The molecule has 118 valence electrons. The number of ether oxygens (including phenoxy) is 2. The van der Waals surface area contributed by atoms with Gasteiger partial charge in [0, 0.05) is 22.6 Å². The van der Waals surface area contributed by atoms with Crippen LogP contribution < -0.4 is 15.2 Å². The van der Waals surface area contributed by atoms with Gasteiger partial charge in [-0.25, -0.2) is 0 Å². The van der Waals surface area contributed by atoms with Gasteiger partial charge in [0.05, 0.1) is 14.2 Å². The summed E-state index contributed by atoms with van der Waals surface area (Å²) in [5.74, 6) is 3.47. The van der Waals surface area contributed by atoms with Gasteiger partial charge >= 0.3 is 0 Å². The van der Waals surface area contributed by atoms with Crippen LogP contribution in [0.4, 0.5) is 0 Å². The molecule has 1 fully saturated rings. The molecule has 21 heavy (non-hydrogen) atoms. The normalized spacial score (nSPS) is 23.6. The molecule has 2 N–H and O–H groups in total. The summed E-state index contributed by atoms with van der Waals surface area (Å²) in [6.45, 7) is 2.36. The van der Waals surface area contributed by atoms with E-state index in [2.05, 4.69) is 6.92 Å². The zero-order valence-electron chi connectivity index (χ0n) is 13.3. The van der Waals surface area contributed by atoms with Crippen molar-refractivity contribution >= 4 is 11.8 Å². The Labute approximate surface area is 132 Å². The molecule has 0 aromatic heterocycles. The molecule has 1 saturated carbocycles. The van der Waals surface area contributed by atoms with Crippen LogP contribution in [0.2, 0.25) is 0 Å². The van der Waals surface area contributed by atoms with E-state index in [0.717, 1.165) is 34.0 Å². The third kappa shape index (κ3) is 4.55. The molecular weight excluding hydrogens is 282 g/mol. The van der Waals surface area contributed by atoms with E-state index in [4.69, 9.17) is 15.2 Å². The maximum atomic E-state index is 6.39.